The minimum absolute atomic E-state index is 0.745. The molecule has 15 heavy (non-hydrogen) atoms. The standard InChI is InChI=1S/C14H19N/c1-3-7-12(8-4-1)14-11-15(14)13-9-5-2-6-10-13/h1,3-4,7-8,13-14H,2,5-6,9-11H2/t14-,15?/m1/s1. The molecular weight excluding hydrogens is 182 g/mol. The lowest BCUT2D eigenvalue weighted by Crippen LogP contribution is -2.22. The first-order valence-electron chi connectivity index (χ1n) is 6.26. The van der Waals surface area contributed by atoms with Crippen LogP contribution in [-0.4, -0.2) is 17.5 Å². The third kappa shape index (κ3) is 1.93. The van der Waals surface area contributed by atoms with E-state index in [-0.39, 0.29) is 0 Å². The van der Waals surface area contributed by atoms with Crippen molar-refractivity contribution in [2.75, 3.05) is 6.54 Å². The zero-order chi connectivity index (χ0) is 10.1. The maximum Gasteiger partial charge on any atom is 0.0479 e. The van der Waals surface area contributed by atoms with Crippen LogP contribution in [0.1, 0.15) is 43.7 Å². The van der Waals surface area contributed by atoms with Crippen LogP contribution in [0.15, 0.2) is 30.3 Å². The predicted octanol–water partition coefficient (Wildman–Crippen LogP) is 3.38. The van der Waals surface area contributed by atoms with Gasteiger partial charge in [-0.15, -0.1) is 0 Å². The van der Waals surface area contributed by atoms with Crippen molar-refractivity contribution >= 4 is 0 Å². The van der Waals surface area contributed by atoms with Crippen molar-refractivity contribution in [3.05, 3.63) is 35.9 Å². The number of benzene rings is 1. The van der Waals surface area contributed by atoms with Gasteiger partial charge in [-0.1, -0.05) is 49.6 Å². The van der Waals surface area contributed by atoms with Crippen LogP contribution in [0.5, 0.6) is 0 Å². The minimum Gasteiger partial charge on any atom is -0.290 e. The highest BCUT2D eigenvalue weighted by molar-refractivity contribution is 5.24. The molecule has 1 aliphatic carbocycles. The summed E-state index contributed by atoms with van der Waals surface area (Å²) in [5.74, 6) is 0. The van der Waals surface area contributed by atoms with Crippen LogP contribution in [0.2, 0.25) is 0 Å². The van der Waals surface area contributed by atoms with Crippen molar-refractivity contribution in [3.8, 4) is 0 Å². The molecule has 2 aliphatic rings. The van der Waals surface area contributed by atoms with Gasteiger partial charge >= 0.3 is 0 Å². The van der Waals surface area contributed by atoms with E-state index < -0.39 is 0 Å². The Morgan fingerprint density at radius 1 is 0.933 bits per heavy atom. The second-order valence-corrected chi connectivity index (χ2v) is 4.92. The zero-order valence-electron chi connectivity index (χ0n) is 9.23. The third-order valence-corrected chi connectivity index (χ3v) is 3.88. The average Bonchev–Trinajstić information content (AvgIpc) is 3.11. The maximum absolute atomic E-state index is 2.69. The van der Waals surface area contributed by atoms with E-state index in [4.69, 9.17) is 0 Å². The molecule has 1 saturated carbocycles. The quantitative estimate of drug-likeness (QED) is 0.663. The predicted molar refractivity (Wildman–Crippen MR) is 62.8 cm³/mol. The topological polar surface area (TPSA) is 3.01 Å². The van der Waals surface area contributed by atoms with Crippen molar-refractivity contribution in [2.24, 2.45) is 0 Å². The molecule has 0 aromatic heterocycles. The molecule has 1 aliphatic heterocycles. The fraction of sp³-hybridized carbons (Fsp3) is 0.571. The van der Waals surface area contributed by atoms with Crippen LogP contribution >= 0.6 is 0 Å². The first-order valence-corrected chi connectivity index (χ1v) is 6.26. The Kier molecular flexibility index (Phi) is 2.49. The molecule has 2 fully saturated rings. The molecule has 2 atom stereocenters. The lowest BCUT2D eigenvalue weighted by atomic mass is 9.95. The fourth-order valence-corrected chi connectivity index (χ4v) is 2.94. The molecule has 1 aromatic rings. The highest BCUT2D eigenvalue weighted by Crippen LogP contribution is 2.40. The van der Waals surface area contributed by atoms with Crippen molar-refractivity contribution < 1.29 is 0 Å². The van der Waals surface area contributed by atoms with Gasteiger partial charge in [-0.3, -0.25) is 4.90 Å². The van der Waals surface area contributed by atoms with E-state index in [0.717, 1.165) is 12.1 Å². The Hall–Kier alpha value is -0.820. The van der Waals surface area contributed by atoms with Crippen LogP contribution in [0.25, 0.3) is 0 Å². The molecule has 1 saturated heterocycles. The maximum atomic E-state index is 2.69. The van der Waals surface area contributed by atoms with E-state index >= 15 is 0 Å². The van der Waals surface area contributed by atoms with E-state index in [0.29, 0.717) is 0 Å². The van der Waals surface area contributed by atoms with Gasteiger partial charge in [-0.25, -0.2) is 0 Å². The molecule has 80 valence electrons. The monoisotopic (exact) mass is 201 g/mol. The van der Waals surface area contributed by atoms with E-state index in [1.165, 1.54) is 44.2 Å². The smallest absolute Gasteiger partial charge is 0.0479 e. The molecule has 1 nitrogen and oxygen atoms in total. The lowest BCUT2D eigenvalue weighted by molar-refractivity contribution is 0.282. The highest BCUT2D eigenvalue weighted by atomic mass is 15.3. The van der Waals surface area contributed by atoms with Crippen LogP contribution in [0.4, 0.5) is 0 Å². The molecule has 1 heterocycles. The Bertz CT molecular complexity index is 313. The van der Waals surface area contributed by atoms with Crippen LogP contribution in [-0.2, 0) is 0 Å². The van der Waals surface area contributed by atoms with Gasteiger partial charge in [0.05, 0.1) is 0 Å². The molecular formula is C14H19N. The number of rotatable bonds is 2. The Morgan fingerprint density at radius 3 is 2.40 bits per heavy atom. The Labute approximate surface area is 92.1 Å². The highest BCUT2D eigenvalue weighted by Gasteiger charge is 2.40. The van der Waals surface area contributed by atoms with Crippen molar-refractivity contribution in [1.29, 1.82) is 0 Å². The van der Waals surface area contributed by atoms with Gasteiger partial charge in [0.15, 0.2) is 0 Å². The molecule has 1 unspecified atom stereocenters. The summed E-state index contributed by atoms with van der Waals surface area (Å²) in [5.41, 5.74) is 1.52. The average molecular weight is 201 g/mol. The van der Waals surface area contributed by atoms with Crippen molar-refractivity contribution in [2.45, 2.75) is 44.2 Å². The summed E-state index contributed by atoms with van der Waals surface area (Å²) in [7, 11) is 0. The summed E-state index contributed by atoms with van der Waals surface area (Å²) in [6.07, 6.45) is 7.22. The lowest BCUT2D eigenvalue weighted by Gasteiger charge is -2.23. The minimum atomic E-state index is 0.745. The Morgan fingerprint density at radius 2 is 1.67 bits per heavy atom. The molecule has 1 heteroatoms. The normalized spacial score (nSPS) is 31.5. The summed E-state index contributed by atoms with van der Waals surface area (Å²) in [4.78, 5) is 2.69. The van der Waals surface area contributed by atoms with Crippen LogP contribution in [0.3, 0.4) is 0 Å². The molecule has 3 rings (SSSR count). The molecule has 1 aromatic carbocycles. The Balaban J connectivity index is 1.64. The summed E-state index contributed by atoms with van der Waals surface area (Å²) in [5, 5.41) is 0. The van der Waals surface area contributed by atoms with Gasteiger partial charge in [-0.05, 0) is 18.4 Å². The SMILES string of the molecule is c1ccc([C@H]2CN2C2CCCCC2)cc1. The number of nitrogens with zero attached hydrogens (tertiary/aromatic N) is 1. The van der Waals surface area contributed by atoms with Crippen LogP contribution in [0, 0.1) is 0 Å². The molecule has 0 N–H and O–H groups in total. The second kappa shape index (κ2) is 3.97. The van der Waals surface area contributed by atoms with Gasteiger partial charge in [0, 0.05) is 18.6 Å². The first kappa shape index (κ1) is 9.41. The van der Waals surface area contributed by atoms with Gasteiger partial charge in [0.1, 0.15) is 0 Å². The van der Waals surface area contributed by atoms with Gasteiger partial charge in [-0.2, -0.15) is 0 Å². The zero-order valence-corrected chi connectivity index (χ0v) is 9.23. The summed E-state index contributed by atoms with van der Waals surface area (Å²) in [6, 6.07) is 12.6. The molecule has 0 amide bonds. The largest absolute Gasteiger partial charge is 0.290 e. The fourth-order valence-electron chi connectivity index (χ4n) is 2.94. The summed E-state index contributed by atoms with van der Waals surface area (Å²) >= 11 is 0. The third-order valence-electron chi connectivity index (χ3n) is 3.88. The van der Waals surface area contributed by atoms with Gasteiger partial charge in [0.2, 0.25) is 0 Å². The van der Waals surface area contributed by atoms with Crippen molar-refractivity contribution in [1.82, 2.24) is 4.90 Å². The number of hydrogen-bond acceptors (Lipinski definition) is 1. The molecule has 0 bridgehead atoms. The van der Waals surface area contributed by atoms with Gasteiger partial charge in [0.25, 0.3) is 0 Å². The van der Waals surface area contributed by atoms with E-state index in [1.807, 2.05) is 0 Å². The second-order valence-electron chi connectivity index (χ2n) is 4.92. The summed E-state index contributed by atoms with van der Waals surface area (Å²) in [6.45, 7) is 1.30. The molecule has 0 spiro atoms. The number of hydrogen-bond donors (Lipinski definition) is 0. The van der Waals surface area contributed by atoms with E-state index in [9.17, 15) is 0 Å². The summed E-state index contributed by atoms with van der Waals surface area (Å²) < 4.78 is 0. The van der Waals surface area contributed by atoms with E-state index in [2.05, 4.69) is 35.2 Å². The molecule has 0 radical (unpaired) electrons. The van der Waals surface area contributed by atoms with Crippen LogP contribution < -0.4 is 0 Å². The van der Waals surface area contributed by atoms with E-state index in [1.54, 1.807) is 0 Å². The first-order chi connectivity index (χ1) is 7.45. The van der Waals surface area contributed by atoms with Gasteiger partial charge < -0.3 is 0 Å². The van der Waals surface area contributed by atoms with Crippen molar-refractivity contribution in [3.63, 3.8) is 0 Å².